The molecule has 3 rings (SSSR count). The van der Waals surface area contributed by atoms with Crippen LogP contribution in [0, 0.1) is 0 Å². The fourth-order valence-corrected chi connectivity index (χ4v) is 3.40. The Kier molecular flexibility index (Phi) is 4.62. The van der Waals surface area contributed by atoms with Crippen LogP contribution in [0.25, 0.3) is 0 Å². The lowest BCUT2D eigenvalue weighted by molar-refractivity contribution is 0.553. The van der Waals surface area contributed by atoms with Crippen LogP contribution in [0.5, 0.6) is 0 Å². The molecule has 0 bridgehead atoms. The minimum atomic E-state index is 0.736. The third-order valence-electron chi connectivity index (χ3n) is 4.81. The van der Waals surface area contributed by atoms with Crippen LogP contribution in [-0.4, -0.2) is 18.6 Å². The Labute approximate surface area is 123 Å². The Morgan fingerprint density at radius 2 is 1.95 bits per heavy atom. The van der Waals surface area contributed by atoms with Gasteiger partial charge in [0, 0.05) is 30.9 Å². The molecular weight excluding hydrogens is 244 g/mol. The lowest BCUT2D eigenvalue weighted by Crippen LogP contribution is -2.35. The molecule has 1 saturated carbocycles. The number of benzene rings is 1. The Hall–Kier alpha value is -1.02. The maximum absolute atomic E-state index is 3.67. The van der Waals surface area contributed by atoms with E-state index in [0.29, 0.717) is 0 Å². The standard InChI is InChI=1S/C18H28N2/c1-2-17-9-4-3-7-13-20(17)18-10-6-5-8-15(18)14-19-16-11-12-16/h5-6,8,10,16-17,19H,2-4,7,9,11-14H2,1H3. The van der Waals surface area contributed by atoms with Gasteiger partial charge in [-0.1, -0.05) is 38.0 Å². The summed E-state index contributed by atoms with van der Waals surface area (Å²) in [4.78, 5) is 2.69. The van der Waals surface area contributed by atoms with E-state index in [9.17, 15) is 0 Å². The lowest BCUT2D eigenvalue weighted by Gasteiger charge is -2.33. The van der Waals surface area contributed by atoms with Crippen LogP contribution < -0.4 is 10.2 Å². The second kappa shape index (κ2) is 6.62. The number of para-hydroxylation sites is 1. The average Bonchev–Trinajstić information content (AvgIpc) is 3.32. The van der Waals surface area contributed by atoms with Crippen LogP contribution in [-0.2, 0) is 6.54 Å². The molecule has 1 aromatic rings. The molecule has 1 aliphatic heterocycles. The van der Waals surface area contributed by atoms with Crippen molar-refractivity contribution in [3.63, 3.8) is 0 Å². The maximum Gasteiger partial charge on any atom is 0.0414 e. The molecule has 20 heavy (non-hydrogen) atoms. The van der Waals surface area contributed by atoms with Crippen molar-refractivity contribution in [2.24, 2.45) is 0 Å². The highest BCUT2D eigenvalue weighted by Crippen LogP contribution is 2.29. The molecule has 2 aliphatic rings. The third-order valence-corrected chi connectivity index (χ3v) is 4.81. The number of hydrogen-bond acceptors (Lipinski definition) is 2. The summed E-state index contributed by atoms with van der Waals surface area (Å²) in [7, 11) is 0. The van der Waals surface area contributed by atoms with Crippen LogP contribution in [0.3, 0.4) is 0 Å². The number of nitrogens with zero attached hydrogens (tertiary/aromatic N) is 1. The highest BCUT2D eigenvalue weighted by molar-refractivity contribution is 5.54. The first-order valence-corrected chi connectivity index (χ1v) is 8.46. The van der Waals surface area contributed by atoms with Gasteiger partial charge in [0.2, 0.25) is 0 Å². The van der Waals surface area contributed by atoms with Gasteiger partial charge in [-0.05, 0) is 43.7 Å². The van der Waals surface area contributed by atoms with E-state index >= 15 is 0 Å². The van der Waals surface area contributed by atoms with E-state index in [4.69, 9.17) is 0 Å². The minimum absolute atomic E-state index is 0.736. The van der Waals surface area contributed by atoms with Crippen LogP contribution in [0.2, 0.25) is 0 Å². The number of rotatable bonds is 5. The first-order valence-electron chi connectivity index (χ1n) is 8.46. The zero-order chi connectivity index (χ0) is 13.8. The predicted molar refractivity (Wildman–Crippen MR) is 86.2 cm³/mol. The summed E-state index contributed by atoms with van der Waals surface area (Å²) >= 11 is 0. The quantitative estimate of drug-likeness (QED) is 0.868. The summed E-state index contributed by atoms with van der Waals surface area (Å²) in [6.45, 7) is 4.61. The maximum atomic E-state index is 3.67. The summed E-state index contributed by atoms with van der Waals surface area (Å²) in [5, 5.41) is 3.67. The molecule has 2 heteroatoms. The van der Waals surface area contributed by atoms with E-state index in [1.54, 1.807) is 0 Å². The van der Waals surface area contributed by atoms with Crippen molar-refractivity contribution >= 4 is 5.69 Å². The SMILES string of the molecule is CCC1CCCCCN1c1ccccc1CNC1CC1. The van der Waals surface area contributed by atoms with Gasteiger partial charge in [-0.2, -0.15) is 0 Å². The molecule has 2 nitrogen and oxygen atoms in total. The monoisotopic (exact) mass is 272 g/mol. The van der Waals surface area contributed by atoms with E-state index in [0.717, 1.165) is 18.6 Å². The molecule has 1 atom stereocenters. The predicted octanol–water partition coefficient (Wildman–Crippen LogP) is 4.10. The van der Waals surface area contributed by atoms with Gasteiger partial charge in [0.05, 0.1) is 0 Å². The molecule has 0 amide bonds. The second-order valence-electron chi connectivity index (χ2n) is 6.39. The van der Waals surface area contributed by atoms with E-state index in [2.05, 4.69) is 41.4 Å². The van der Waals surface area contributed by atoms with Crippen LogP contribution in [0.1, 0.15) is 57.4 Å². The summed E-state index contributed by atoms with van der Waals surface area (Å²) in [5.74, 6) is 0. The molecule has 1 heterocycles. The molecule has 110 valence electrons. The third kappa shape index (κ3) is 3.35. The van der Waals surface area contributed by atoms with Crippen molar-refractivity contribution in [2.75, 3.05) is 11.4 Å². The van der Waals surface area contributed by atoms with Gasteiger partial charge >= 0.3 is 0 Å². The smallest absolute Gasteiger partial charge is 0.0414 e. The molecule has 1 aromatic carbocycles. The zero-order valence-corrected chi connectivity index (χ0v) is 12.8. The normalized spacial score (nSPS) is 23.6. The first kappa shape index (κ1) is 13.9. The van der Waals surface area contributed by atoms with Crippen molar-refractivity contribution in [1.82, 2.24) is 5.32 Å². The zero-order valence-electron chi connectivity index (χ0n) is 12.8. The van der Waals surface area contributed by atoms with Crippen LogP contribution >= 0.6 is 0 Å². The first-order chi connectivity index (χ1) is 9.88. The van der Waals surface area contributed by atoms with Gasteiger partial charge < -0.3 is 10.2 Å². The summed E-state index contributed by atoms with van der Waals surface area (Å²) < 4.78 is 0. The Morgan fingerprint density at radius 1 is 1.10 bits per heavy atom. The van der Waals surface area contributed by atoms with Crippen LogP contribution in [0.4, 0.5) is 5.69 Å². The molecule has 0 radical (unpaired) electrons. The number of anilines is 1. The highest BCUT2D eigenvalue weighted by Gasteiger charge is 2.23. The number of nitrogens with one attached hydrogen (secondary N) is 1. The Bertz CT molecular complexity index is 425. The van der Waals surface area contributed by atoms with Gasteiger partial charge in [0.15, 0.2) is 0 Å². The van der Waals surface area contributed by atoms with Crippen molar-refractivity contribution in [1.29, 1.82) is 0 Å². The summed E-state index contributed by atoms with van der Waals surface area (Å²) in [6.07, 6.45) is 9.51. The lowest BCUT2D eigenvalue weighted by atomic mass is 10.0. The Morgan fingerprint density at radius 3 is 2.75 bits per heavy atom. The topological polar surface area (TPSA) is 15.3 Å². The van der Waals surface area contributed by atoms with Crippen molar-refractivity contribution < 1.29 is 0 Å². The molecule has 1 aliphatic carbocycles. The van der Waals surface area contributed by atoms with Gasteiger partial charge in [-0.25, -0.2) is 0 Å². The molecule has 1 unspecified atom stereocenters. The van der Waals surface area contributed by atoms with Gasteiger partial charge in [0.25, 0.3) is 0 Å². The van der Waals surface area contributed by atoms with E-state index < -0.39 is 0 Å². The van der Waals surface area contributed by atoms with E-state index in [-0.39, 0.29) is 0 Å². The molecule has 0 aromatic heterocycles. The summed E-state index contributed by atoms with van der Waals surface area (Å²) in [5.41, 5.74) is 2.97. The van der Waals surface area contributed by atoms with Gasteiger partial charge in [-0.3, -0.25) is 0 Å². The molecule has 2 fully saturated rings. The fraction of sp³-hybridized carbons (Fsp3) is 0.667. The van der Waals surface area contributed by atoms with Crippen LogP contribution in [0.15, 0.2) is 24.3 Å². The minimum Gasteiger partial charge on any atom is -0.368 e. The van der Waals surface area contributed by atoms with Crippen molar-refractivity contribution in [3.05, 3.63) is 29.8 Å². The molecule has 0 spiro atoms. The number of hydrogen-bond donors (Lipinski definition) is 1. The second-order valence-corrected chi connectivity index (χ2v) is 6.39. The highest BCUT2D eigenvalue weighted by atomic mass is 15.2. The molecular formula is C18H28N2. The van der Waals surface area contributed by atoms with E-state index in [1.165, 1.54) is 62.7 Å². The van der Waals surface area contributed by atoms with Crippen molar-refractivity contribution in [2.45, 2.75) is 70.5 Å². The average molecular weight is 272 g/mol. The van der Waals surface area contributed by atoms with Gasteiger partial charge in [0.1, 0.15) is 0 Å². The molecule has 1 N–H and O–H groups in total. The fourth-order valence-electron chi connectivity index (χ4n) is 3.40. The molecule has 1 saturated heterocycles. The summed E-state index contributed by atoms with van der Waals surface area (Å²) in [6, 6.07) is 10.5. The largest absolute Gasteiger partial charge is 0.368 e. The van der Waals surface area contributed by atoms with Gasteiger partial charge in [-0.15, -0.1) is 0 Å². The van der Waals surface area contributed by atoms with E-state index in [1.807, 2.05) is 0 Å². The Balaban J connectivity index is 1.78. The van der Waals surface area contributed by atoms with Crippen molar-refractivity contribution in [3.8, 4) is 0 Å².